The highest BCUT2D eigenvalue weighted by Gasteiger charge is 2.11. The lowest BCUT2D eigenvalue weighted by Gasteiger charge is -2.16. The number of aliphatic imine (C=N–C) groups is 1. The van der Waals surface area contributed by atoms with E-state index >= 15 is 0 Å². The first-order valence-corrected chi connectivity index (χ1v) is 9.40. The van der Waals surface area contributed by atoms with Crippen LogP contribution in [0.15, 0.2) is 39.7 Å². The van der Waals surface area contributed by atoms with Crippen molar-refractivity contribution < 1.29 is 13.9 Å². The fourth-order valence-corrected chi connectivity index (χ4v) is 2.80. The van der Waals surface area contributed by atoms with Crippen molar-refractivity contribution in [3.63, 3.8) is 0 Å². The molecule has 1 heterocycles. The SMILES string of the molecule is CCOc1cc(CCCNC(=NC)NC(C)c2ccc(C)o2)ccc1OC. The van der Waals surface area contributed by atoms with Crippen LogP contribution in [0.3, 0.4) is 0 Å². The van der Waals surface area contributed by atoms with Crippen LogP contribution in [0.2, 0.25) is 0 Å². The van der Waals surface area contributed by atoms with Crippen molar-refractivity contribution in [3.8, 4) is 11.5 Å². The Balaban J connectivity index is 1.80. The number of aryl methyl sites for hydroxylation is 2. The van der Waals surface area contributed by atoms with Gasteiger partial charge in [0.2, 0.25) is 0 Å². The predicted molar refractivity (Wildman–Crippen MR) is 109 cm³/mol. The van der Waals surface area contributed by atoms with Crippen LogP contribution in [0.5, 0.6) is 11.5 Å². The number of methoxy groups -OCH3 is 1. The van der Waals surface area contributed by atoms with E-state index in [1.165, 1.54) is 5.56 Å². The van der Waals surface area contributed by atoms with Crippen molar-refractivity contribution in [1.29, 1.82) is 0 Å². The number of hydrogen-bond acceptors (Lipinski definition) is 4. The minimum Gasteiger partial charge on any atom is -0.493 e. The fraction of sp³-hybridized carbons (Fsp3) is 0.476. The third-order valence-electron chi connectivity index (χ3n) is 4.23. The van der Waals surface area contributed by atoms with E-state index in [1.54, 1.807) is 14.2 Å². The Morgan fingerprint density at radius 3 is 2.67 bits per heavy atom. The molecule has 0 saturated carbocycles. The van der Waals surface area contributed by atoms with E-state index in [0.717, 1.165) is 48.4 Å². The van der Waals surface area contributed by atoms with Crippen LogP contribution >= 0.6 is 0 Å². The Morgan fingerprint density at radius 1 is 1.22 bits per heavy atom. The van der Waals surface area contributed by atoms with Gasteiger partial charge in [0.05, 0.1) is 19.8 Å². The molecule has 2 N–H and O–H groups in total. The minimum absolute atomic E-state index is 0.0558. The Hall–Kier alpha value is -2.63. The van der Waals surface area contributed by atoms with Crippen LogP contribution in [0.25, 0.3) is 0 Å². The van der Waals surface area contributed by atoms with Crippen LogP contribution in [0.4, 0.5) is 0 Å². The van der Waals surface area contributed by atoms with Crippen LogP contribution in [0.1, 0.15) is 43.4 Å². The summed E-state index contributed by atoms with van der Waals surface area (Å²) < 4.78 is 16.6. The van der Waals surface area contributed by atoms with Crippen molar-refractivity contribution in [2.45, 2.75) is 39.7 Å². The van der Waals surface area contributed by atoms with Gasteiger partial charge in [0.15, 0.2) is 17.5 Å². The molecule has 1 aromatic heterocycles. The molecule has 2 aromatic rings. The molecule has 0 aliphatic carbocycles. The lowest BCUT2D eigenvalue weighted by Crippen LogP contribution is -2.39. The number of rotatable bonds is 9. The maximum absolute atomic E-state index is 5.66. The molecule has 0 radical (unpaired) electrons. The molecule has 6 heteroatoms. The molecular formula is C21H31N3O3. The van der Waals surface area contributed by atoms with Crippen molar-refractivity contribution >= 4 is 5.96 Å². The minimum atomic E-state index is 0.0558. The second-order valence-electron chi connectivity index (χ2n) is 6.34. The van der Waals surface area contributed by atoms with E-state index in [9.17, 15) is 0 Å². The topological polar surface area (TPSA) is 68.0 Å². The summed E-state index contributed by atoms with van der Waals surface area (Å²) in [5.74, 6) is 4.14. The second kappa shape index (κ2) is 10.5. The Morgan fingerprint density at radius 2 is 2.04 bits per heavy atom. The summed E-state index contributed by atoms with van der Waals surface area (Å²) in [5.41, 5.74) is 1.23. The van der Waals surface area contributed by atoms with Crippen LogP contribution in [0, 0.1) is 6.92 Å². The van der Waals surface area contributed by atoms with Gasteiger partial charge in [-0.3, -0.25) is 4.99 Å². The van der Waals surface area contributed by atoms with E-state index in [-0.39, 0.29) is 6.04 Å². The highest BCUT2D eigenvalue weighted by molar-refractivity contribution is 5.79. The molecular weight excluding hydrogens is 342 g/mol. The first-order valence-electron chi connectivity index (χ1n) is 9.40. The molecule has 0 amide bonds. The number of nitrogens with one attached hydrogen (secondary N) is 2. The lowest BCUT2D eigenvalue weighted by molar-refractivity contribution is 0.310. The van der Waals surface area contributed by atoms with Crippen LogP contribution in [-0.2, 0) is 6.42 Å². The van der Waals surface area contributed by atoms with Gasteiger partial charge in [-0.05, 0) is 63.4 Å². The maximum Gasteiger partial charge on any atom is 0.191 e. The molecule has 2 rings (SSSR count). The average Bonchev–Trinajstić information content (AvgIpc) is 3.11. The van der Waals surface area contributed by atoms with E-state index in [0.29, 0.717) is 6.61 Å². The largest absolute Gasteiger partial charge is 0.493 e. The van der Waals surface area contributed by atoms with Gasteiger partial charge in [-0.1, -0.05) is 6.07 Å². The summed E-state index contributed by atoms with van der Waals surface area (Å²) in [6.45, 7) is 7.41. The zero-order valence-electron chi connectivity index (χ0n) is 17.0. The molecule has 0 saturated heterocycles. The van der Waals surface area contributed by atoms with Crippen molar-refractivity contribution in [3.05, 3.63) is 47.4 Å². The van der Waals surface area contributed by atoms with Crippen molar-refractivity contribution in [1.82, 2.24) is 10.6 Å². The molecule has 1 unspecified atom stereocenters. The summed E-state index contributed by atoms with van der Waals surface area (Å²) in [4.78, 5) is 4.28. The second-order valence-corrected chi connectivity index (χ2v) is 6.34. The third kappa shape index (κ3) is 6.24. The van der Waals surface area contributed by atoms with Gasteiger partial charge in [-0.25, -0.2) is 0 Å². The zero-order valence-corrected chi connectivity index (χ0v) is 17.0. The van der Waals surface area contributed by atoms with E-state index in [4.69, 9.17) is 13.9 Å². The first-order chi connectivity index (χ1) is 13.1. The van der Waals surface area contributed by atoms with Gasteiger partial charge in [0.1, 0.15) is 11.5 Å². The summed E-state index contributed by atoms with van der Waals surface area (Å²) in [5, 5.41) is 6.70. The molecule has 0 bridgehead atoms. The Labute approximate surface area is 162 Å². The molecule has 1 aromatic carbocycles. The van der Waals surface area contributed by atoms with Crippen molar-refractivity contribution in [2.75, 3.05) is 27.3 Å². The Kier molecular flexibility index (Phi) is 8.04. The number of ether oxygens (including phenoxy) is 2. The Bertz CT molecular complexity index is 740. The highest BCUT2D eigenvalue weighted by atomic mass is 16.5. The molecule has 0 fully saturated rings. The number of nitrogens with zero attached hydrogens (tertiary/aromatic N) is 1. The molecule has 0 aliphatic rings. The van der Waals surface area contributed by atoms with Gasteiger partial charge in [-0.2, -0.15) is 0 Å². The standard InChI is InChI=1S/C21H31N3O3/c1-6-26-20-14-17(10-12-19(20)25-5)8-7-13-23-21(22-4)24-16(3)18-11-9-15(2)27-18/h9-12,14,16H,6-8,13H2,1-5H3,(H2,22,23,24). The van der Waals surface area contributed by atoms with Crippen LogP contribution in [-0.4, -0.2) is 33.3 Å². The number of guanidine groups is 1. The van der Waals surface area contributed by atoms with E-state index in [2.05, 4.69) is 34.7 Å². The monoisotopic (exact) mass is 373 g/mol. The quantitative estimate of drug-likeness (QED) is 0.397. The summed E-state index contributed by atoms with van der Waals surface area (Å²) in [6.07, 6.45) is 1.92. The fourth-order valence-electron chi connectivity index (χ4n) is 2.80. The van der Waals surface area contributed by atoms with Gasteiger partial charge < -0.3 is 24.5 Å². The molecule has 27 heavy (non-hydrogen) atoms. The summed E-state index contributed by atoms with van der Waals surface area (Å²) in [7, 11) is 3.43. The van der Waals surface area contributed by atoms with Gasteiger partial charge in [-0.15, -0.1) is 0 Å². The number of benzene rings is 1. The molecule has 1 atom stereocenters. The zero-order chi connectivity index (χ0) is 19.6. The molecule has 6 nitrogen and oxygen atoms in total. The number of furan rings is 1. The van der Waals surface area contributed by atoms with Gasteiger partial charge in [0, 0.05) is 13.6 Å². The molecule has 0 aliphatic heterocycles. The smallest absolute Gasteiger partial charge is 0.191 e. The van der Waals surface area contributed by atoms with Gasteiger partial charge >= 0.3 is 0 Å². The lowest BCUT2D eigenvalue weighted by atomic mass is 10.1. The average molecular weight is 373 g/mol. The molecule has 0 spiro atoms. The normalized spacial score (nSPS) is 12.6. The predicted octanol–water partition coefficient (Wildman–Crippen LogP) is 3.85. The number of hydrogen-bond donors (Lipinski definition) is 2. The summed E-state index contributed by atoms with van der Waals surface area (Å²) in [6, 6.07) is 10.1. The van der Waals surface area contributed by atoms with Crippen LogP contribution < -0.4 is 20.1 Å². The van der Waals surface area contributed by atoms with E-state index in [1.807, 2.05) is 32.0 Å². The first kappa shape index (κ1) is 20.7. The third-order valence-corrected chi connectivity index (χ3v) is 4.23. The van der Waals surface area contributed by atoms with Gasteiger partial charge in [0.25, 0.3) is 0 Å². The molecule has 148 valence electrons. The van der Waals surface area contributed by atoms with E-state index < -0.39 is 0 Å². The van der Waals surface area contributed by atoms with Crippen molar-refractivity contribution in [2.24, 2.45) is 4.99 Å². The highest BCUT2D eigenvalue weighted by Crippen LogP contribution is 2.28. The summed E-state index contributed by atoms with van der Waals surface area (Å²) >= 11 is 0. The maximum atomic E-state index is 5.66.